The van der Waals surface area contributed by atoms with Gasteiger partial charge in [-0.3, -0.25) is 4.79 Å². The molecular weight excluding hydrogens is 550 g/mol. The number of amides is 1. The summed E-state index contributed by atoms with van der Waals surface area (Å²) >= 11 is 0. The van der Waals surface area contributed by atoms with Crippen LogP contribution in [-0.2, 0) is 35.0 Å². The van der Waals surface area contributed by atoms with Crippen molar-refractivity contribution in [3.63, 3.8) is 0 Å². The van der Waals surface area contributed by atoms with Gasteiger partial charge in [0.05, 0.1) is 17.7 Å². The molecule has 6 nitrogen and oxygen atoms in total. The minimum Gasteiger partial charge on any atom is -0.482 e. The van der Waals surface area contributed by atoms with E-state index in [0.717, 1.165) is 22.3 Å². The van der Waals surface area contributed by atoms with Crippen LogP contribution in [0.3, 0.4) is 0 Å². The standard InChI is InChI=1S/C38H35NO5/c1-27-33(25-37(43-27,29-15-7-3-8-16-29)30-17-9-4-10-18-30)35(40)39-23-24-42-36(41)34-26-38(44-28(34)2,31-19-11-5-12-20-31)32-21-13-6-14-22-32/h3-22H,23-26H2,1-2H3,(H,39,40). The first kappa shape index (κ1) is 29.0. The van der Waals surface area contributed by atoms with E-state index >= 15 is 0 Å². The fourth-order valence-electron chi connectivity index (χ4n) is 6.23. The van der Waals surface area contributed by atoms with Gasteiger partial charge in [-0.2, -0.15) is 0 Å². The van der Waals surface area contributed by atoms with Gasteiger partial charge in [-0.05, 0) is 13.8 Å². The first-order chi connectivity index (χ1) is 21.4. The van der Waals surface area contributed by atoms with Crippen molar-refractivity contribution < 1.29 is 23.8 Å². The van der Waals surface area contributed by atoms with Gasteiger partial charge in [0.15, 0.2) is 11.2 Å². The molecule has 0 atom stereocenters. The van der Waals surface area contributed by atoms with Crippen LogP contribution in [0.15, 0.2) is 144 Å². The first-order valence-corrected chi connectivity index (χ1v) is 14.9. The van der Waals surface area contributed by atoms with Crippen molar-refractivity contribution in [2.45, 2.75) is 37.9 Å². The lowest BCUT2D eigenvalue weighted by atomic mass is 9.82. The molecule has 4 aromatic carbocycles. The number of benzene rings is 4. The van der Waals surface area contributed by atoms with Crippen LogP contribution >= 0.6 is 0 Å². The molecule has 0 fully saturated rings. The average Bonchev–Trinajstić information content (AvgIpc) is 3.63. The topological polar surface area (TPSA) is 73.9 Å². The van der Waals surface area contributed by atoms with E-state index in [1.807, 2.05) is 128 Å². The molecule has 0 bridgehead atoms. The molecule has 1 N–H and O–H groups in total. The van der Waals surface area contributed by atoms with E-state index in [1.54, 1.807) is 6.92 Å². The summed E-state index contributed by atoms with van der Waals surface area (Å²) in [7, 11) is 0. The van der Waals surface area contributed by atoms with E-state index in [0.29, 0.717) is 35.5 Å². The van der Waals surface area contributed by atoms with E-state index in [9.17, 15) is 9.59 Å². The van der Waals surface area contributed by atoms with Crippen molar-refractivity contribution in [2.75, 3.05) is 13.2 Å². The SMILES string of the molecule is CC1=C(C(=O)NCCOC(=O)C2=C(C)OC(c3ccccc3)(c3ccccc3)C2)CC(c2ccccc2)(c2ccccc2)O1. The maximum atomic E-state index is 13.3. The number of nitrogens with one attached hydrogen (secondary N) is 1. The van der Waals surface area contributed by atoms with Gasteiger partial charge in [-0.25, -0.2) is 4.79 Å². The second kappa shape index (κ2) is 12.3. The van der Waals surface area contributed by atoms with Crippen LogP contribution in [0.4, 0.5) is 0 Å². The van der Waals surface area contributed by atoms with Crippen LogP contribution in [0.25, 0.3) is 0 Å². The largest absolute Gasteiger partial charge is 0.482 e. The zero-order valence-corrected chi connectivity index (χ0v) is 24.9. The Morgan fingerprint density at radius 1 is 0.614 bits per heavy atom. The highest BCUT2D eigenvalue weighted by Crippen LogP contribution is 2.48. The van der Waals surface area contributed by atoms with Gasteiger partial charge in [0.2, 0.25) is 0 Å². The summed E-state index contributed by atoms with van der Waals surface area (Å²) in [6.07, 6.45) is 0.742. The summed E-state index contributed by atoms with van der Waals surface area (Å²) in [6.45, 7) is 3.82. The van der Waals surface area contributed by atoms with E-state index in [-0.39, 0.29) is 19.1 Å². The van der Waals surface area contributed by atoms with Gasteiger partial charge >= 0.3 is 5.97 Å². The minimum absolute atomic E-state index is 0.0285. The predicted molar refractivity (Wildman–Crippen MR) is 168 cm³/mol. The lowest BCUT2D eigenvalue weighted by Crippen LogP contribution is -2.32. The fourth-order valence-corrected chi connectivity index (χ4v) is 6.23. The number of carbonyl (C=O) groups is 2. The zero-order valence-electron chi connectivity index (χ0n) is 24.9. The first-order valence-electron chi connectivity index (χ1n) is 14.9. The zero-order chi connectivity index (χ0) is 30.6. The number of hydrogen-bond donors (Lipinski definition) is 1. The van der Waals surface area contributed by atoms with E-state index in [2.05, 4.69) is 5.32 Å². The molecule has 2 heterocycles. The molecule has 6 heteroatoms. The molecule has 0 saturated carbocycles. The number of esters is 1. The van der Waals surface area contributed by atoms with E-state index in [4.69, 9.17) is 14.2 Å². The molecule has 1 amide bonds. The van der Waals surface area contributed by atoms with Crippen molar-refractivity contribution in [3.05, 3.63) is 166 Å². The smallest absolute Gasteiger partial charge is 0.337 e. The number of allylic oxidation sites excluding steroid dienone is 2. The molecule has 2 aliphatic heterocycles. The van der Waals surface area contributed by atoms with Crippen LogP contribution in [0.5, 0.6) is 0 Å². The summed E-state index contributed by atoms with van der Waals surface area (Å²) < 4.78 is 18.6. The van der Waals surface area contributed by atoms with Crippen LogP contribution in [0.2, 0.25) is 0 Å². The van der Waals surface area contributed by atoms with Crippen LogP contribution in [0.1, 0.15) is 48.9 Å². The summed E-state index contributed by atoms with van der Waals surface area (Å²) in [5.41, 5.74) is 3.34. The van der Waals surface area contributed by atoms with Gasteiger partial charge in [0.25, 0.3) is 5.91 Å². The predicted octanol–water partition coefficient (Wildman–Crippen LogP) is 6.92. The molecule has 0 radical (unpaired) electrons. The lowest BCUT2D eigenvalue weighted by Gasteiger charge is -2.31. The Hall–Kier alpha value is -5.10. The molecule has 6 rings (SSSR count). The van der Waals surface area contributed by atoms with E-state index < -0.39 is 17.2 Å². The normalized spacial score (nSPS) is 16.7. The molecular formula is C38H35NO5. The number of carbonyl (C=O) groups excluding carboxylic acids is 2. The monoisotopic (exact) mass is 585 g/mol. The molecule has 0 saturated heterocycles. The molecule has 0 unspecified atom stereocenters. The third kappa shape index (κ3) is 5.39. The van der Waals surface area contributed by atoms with Gasteiger partial charge in [0.1, 0.15) is 18.1 Å². The summed E-state index contributed by atoms with van der Waals surface area (Å²) in [5, 5.41) is 2.92. The molecule has 222 valence electrons. The minimum atomic E-state index is -0.814. The Morgan fingerprint density at radius 2 is 0.977 bits per heavy atom. The highest BCUT2D eigenvalue weighted by molar-refractivity contribution is 5.95. The molecule has 2 aliphatic rings. The van der Waals surface area contributed by atoms with Crippen molar-refractivity contribution in [2.24, 2.45) is 0 Å². The fraction of sp³-hybridized carbons (Fsp3) is 0.211. The summed E-state index contributed by atoms with van der Waals surface area (Å²) in [4.78, 5) is 26.6. The quantitative estimate of drug-likeness (QED) is 0.171. The van der Waals surface area contributed by atoms with Crippen LogP contribution < -0.4 is 5.32 Å². The molecule has 44 heavy (non-hydrogen) atoms. The Morgan fingerprint density at radius 3 is 1.39 bits per heavy atom. The second-order valence-electron chi connectivity index (χ2n) is 11.1. The summed E-state index contributed by atoms with van der Waals surface area (Å²) in [5.74, 6) is 0.430. The number of ether oxygens (including phenoxy) is 3. The van der Waals surface area contributed by atoms with Crippen LogP contribution in [0, 0.1) is 0 Å². The molecule has 4 aromatic rings. The van der Waals surface area contributed by atoms with Gasteiger partial charge < -0.3 is 19.5 Å². The Kier molecular flexibility index (Phi) is 8.07. The highest BCUT2D eigenvalue weighted by Gasteiger charge is 2.46. The van der Waals surface area contributed by atoms with Gasteiger partial charge in [0, 0.05) is 35.1 Å². The Labute approximate surface area is 258 Å². The molecule has 0 aromatic heterocycles. The van der Waals surface area contributed by atoms with Crippen LogP contribution in [-0.4, -0.2) is 25.0 Å². The second-order valence-corrected chi connectivity index (χ2v) is 11.1. The Balaban J connectivity index is 1.09. The lowest BCUT2D eigenvalue weighted by molar-refractivity contribution is -0.139. The maximum Gasteiger partial charge on any atom is 0.337 e. The van der Waals surface area contributed by atoms with Crippen molar-refractivity contribution in [1.82, 2.24) is 5.32 Å². The van der Waals surface area contributed by atoms with Crippen molar-refractivity contribution >= 4 is 11.9 Å². The van der Waals surface area contributed by atoms with Crippen molar-refractivity contribution in [1.29, 1.82) is 0 Å². The van der Waals surface area contributed by atoms with E-state index in [1.165, 1.54) is 0 Å². The molecule has 0 spiro atoms. The van der Waals surface area contributed by atoms with Gasteiger partial charge in [-0.1, -0.05) is 121 Å². The highest BCUT2D eigenvalue weighted by atomic mass is 16.5. The maximum absolute atomic E-state index is 13.3. The van der Waals surface area contributed by atoms with Gasteiger partial charge in [-0.15, -0.1) is 0 Å². The Bertz CT molecular complexity index is 1490. The van der Waals surface area contributed by atoms with Crippen molar-refractivity contribution in [3.8, 4) is 0 Å². The number of hydrogen-bond acceptors (Lipinski definition) is 5. The summed E-state index contributed by atoms with van der Waals surface area (Å²) in [6, 6.07) is 39.7. The third-order valence-corrected chi connectivity index (χ3v) is 8.46. The average molecular weight is 586 g/mol. The molecule has 0 aliphatic carbocycles. The third-order valence-electron chi connectivity index (χ3n) is 8.46. The number of rotatable bonds is 9.